The number of hydrogen-bond donors (Lipinski definition) is 1. The summed E-state index contributed by atoms with van der Waals surface area (Å²) in [5, 5.41) is 3.70. The zero-order valence-electron chi connectivity index (χ0n) is 13.3. The van der Waals surface area contributed by atoms with Crippen LogP contribution >= 0.6 is 0 Å². The lowest BCUT2D eigenvalue weighted by Gasteiger charge is -2.34. The van der Waals surface area contributed by atoms with Gasteiger partial charge in [0.15, 0.2) is 11.5 Å². The van der Waals surface area contributed by atoms with Gasteiger partial charge in [-0.1, -0.05) is 19.9 Å². The molecule has 1 aromatic carbocycles. The number of ether oxygens (including phenoxy) is 2. The van der Waals surface area contributed by atoms with Gasteiger partial charge in [0, 0.05) is 19.0 Å². The molecule has 21 heavy (non-hydrogen) atoms. The monoisotopic (exact) mass is 289 g/mol. The molecule has 0 spiro atoms. The Morgan fingerprint density at radius 1 is 1.10 bits per heavy atom. The van der Waals surface area contributed by atoms with E-state index >= 15 is 0 Å². The van der Waals surface area contributed by atoms with Gasteiger partial charge in [0.1, 0.15) is 0 Å². The van der Waals surface area contributed by atoms with Crippen molar-refractivity contribution in [2.45, 2.75) is 58.5 Å². The Kier molecular flexibility index (Phi) is 4.39. The first-order chi connectivity index (χ1) is 10.1. The normalized spacial score (nSPS) is 21.8. The average Bonchev–Trinajstić information content (AvgIpc) is 2.71. The van der Waals surface area contributed by atoms with Gasteiger partial charge in [-0.2, -0.15) is 0 Å². The maximum Gasteiger partial charge on any atom is 0.161 e. The number of benzene rings is 1. The summed E-state index contributed by atoms with van der Waals surface area (Å²) < 4.78 is 11.4. The Hall–Kier alpha value is -1.22. The molecular weight excluding hydrogens is 262 g/mol. The fourth-order valence-corrected chi connectivity index (χ4v) is 3.18. The summed E-state index contributed by atoms with van der Waals surface area (Å²) in [6.07, 6.45) is 6.19. The van der Waals surface area contributed by atoms with Crippen molar-refractivity contribution in [1.82, 2.24) is 5.32 Å². The maximum absolute atomic E-state index is 5.76. The van der Waals surface area contributed by atoms with E-state index < -0.39 is 0 Å². The van der Waals surface area contributed by atoms with Crippen LogP contribution < -0.4 is 14.8 Å². The SMILES string of the molecule is CC1(C)CCC(NCc2ccc3c(c2)OCCCO3)CC1. The predicted octanol–water partition coefficient (Wildman–Crippen LogP) is 3.91. The van der Waals surface area contributed by atoms with Gasteiger partial charge >= 0.3 is 0 Å². The van der Waals surface area contributed by atoms with Crippen LogP contribution in [0.4, 0.5) is 0 Å². The second-order valence-electron chi connectivity index (χ2n) is 7.15. The van der Waals surface area contributed by atoms with E-state index in [0.717, 1.165) is 37.7 Å². The lowest BCUT2D eigenvalue weighted by Crippen LogP contribution is -2.35. The van der Waals surface area contributed by atoms with Gasteiger partial charge in [0.2, 0.25) is 0 Å². The van der Waals surface area contributed by atoms with Crippen molar-refractivity contribution in [1.29, 1.82) is 0 Å². The topological polar surface area (TPSA) is 30.5 Å². The fraction of sp³-hybridized carbons (Fsp3) is 0.667. The Balaban J connectivity index is 1.55. The predicted molar refractivity (Wildman–Crippen MR) is 84.9 cm³/mol. The summed E-state index contributed by atoms with van der Waals surface area (Å²) in [5.74, 6) is 1.78. The van der Waals surface area contributed by atoms with E-state index in [2.05, 4.69) is 31.3 Å². The highest BCUT2D eigenvalue weighted by molar-refractivity contribution is 5.43. The molecular formula is C18H27NO2. The molecule has 1 saturated carbocycles. The highest BCUT2D eigenvalue weighted by Gasteiger charge is 2.26. The van der Waals surface area contributed by atoms with Gasteiger partial charge in [0.25, 0.3) is 0 Å². The Morgan fingerprint density at radius 3 is 2.57 bits per heavy atom. The van der Waals surface area contributed by atoms with Crippen LogP contribution in [0, 0.1) is 5.41 Å². The molecule has 0 amide bonds. The van der Waals surface area contributed by atoms with E-state index in [1.54, 1.807) is 0 Å². The summed E-state index contributed by atoms with van der Waals surface area (Å²) >= 11 is 0. The standard InChI is InChI=1S/C18H27NO2/c1-18(2)8-6-15(7-9-18)19-13-14-4-5-16-17(12-14)21-11-3-10-20-16/h4-5,12,15,19H,3,6-11,13H2,1-2H3. The van der Waals surface area contributed by atoms with Crippen LogP contribution in [-0.2, 0) is 6.54 Å². The Bertz CT molecular complexity index is 474. The van der Waals surface area contributed by atoms with Crippen molar-refractivity contribution < 1.29 is 9.47 Å². The first kappa shape index (κ1) is 14.7. The van der Waals surface area contributed by atoms with Gasteiger partial charge in [-0.05, 0) is 48.8 Å². The van der Waals surface area contributed by atoms with Crippen molar-refractivity contribution in [2.75, 3.05) is 13.2 Å². The third-order valence-corrected chi connectivity index (χ3v) is 4.75. The van der Waals surface area contributed by atoms with Crippen LogP contribution in [0.2, 0.25) is 0 Å². The van der Waals surface area contributed by atoms with Crippen molar-refractivity contribution in [3.8, 4) is 11.5 Å². The largest absolute Gasteiger partial charge is 0.490 e. The molecule has 2 aliphatic rings. The molecule has 1 N–H and O–H groups in total. The molecule has 3 nitrogen and oxygen atoms in total. The number of rotatable bonds is 3. The van der Waals surface area contributed by atoms with Crippen LogP contribution in [0.3, 0.4) is 0 Å². The van der Waals surface area contributed by atoms with E-state index in [-0.39, 0.29) is 0 Å². The van der Waals surface area contributed by atoms with Gasteiger partial charge in [-0.25, -0.2) is 0 Å². The molecule has 0 aromatic heterocycles. The molecule has 1 fully saturated rings. The zero-order valence-corrected chi connectivity index (χ0v) is 13.3. The number of hydrogen-bond acceptors (Lipinski definition) is 3. The second-order valence-corrected chi connectivity index (χ2v) is 7.15. The number of nitrogens with one attached hydrogen (secondary N) is 1. The lowest BCUT2D eigenvalue weighted by molar-refractivity contribution is 0.206. The van der Waals surface area contributed by atoms with Crippen molar-refractivity contribution in [3.05, 3.63) is 23.8 Å². The third-order valence-electron chi connectivity index (χ3n) is 4.75. The van der Waals surface area contributed by atoms with Crippen LogP contribution in [0.5, 0.6) is 11.5 Å². The quantitative estimate of drug-likeness (QED) is 0.915. The highest BCUT2D eigenvalue weighted by atomic mass is 16.5. The highest BCUT2D eigenvalue weighted by Crippen LogP contribution is 2.35. The van der Waals surface area contributed by atoms with Crippen molar-refractivity contribution in [3.63, 3.8) is 0 Å². The van der Waals surface area contributed by atoms with Gasteiger partial charge in [-0.3, -0.25) is 0 Å². The smallest absolute Gasteiger partial charge is 0.161 e. The Morgan fingerprint density at radius 2 is 1.81 bits per heavy atom. The van der Waals surface area contributed by atoms with Gasteiger partial charge in [-0.15, -0.1) is 0 Å². The van der Waals surface area contributed by atoms with Gasteiger partial charge < -0.3 is 14.8 Å². The molecule has 0 unspecified atom stereocenters. The van der Waals surface area contributed by atoms with Crippen LogP contribution in [-0.4, -0.2) is 19.3 Å². The molecule has 116 valence electrons. The third kappa shape index (κ3) is 3.91. The summed E-state index contributed by atoms with van der Waals surface area (Å²) in [7, 11) is 0. The molecule has 0 saturated heterocycles. The molecule has 1 aliphatic carbocycles. The summed E-state index contributed by atoms with van der Waals surface area (Å²) in [6, 6.07) is 6.98. The second kappa shape index (κ2) is 6.27. The van der Waals surface area contributed by atoms with Crippen LogP contribution in [0.25, 0.3) is 0 Å². The van der Waals surface area contributed by atoms with Gasteiger partial charge in [0.05, 0.1) is 13.2 Å². The first-order valence-corrected chi connectivity index (χ1v) is 8.24. The van der Waals surface area contributed by atoms with E-state index in [1.165, 1.54) is 31.2 Å². The zero-order chi connectivity index (χ0) is 14.7. The maximum atomic E-state index is 5.76. The van der Waals surface area contributed by atoms with E-state index in [4.69, 9.17) is 9.47 Å². The van der Waals surface area contributed by atoms with Crippen molar-refractivity contribution in [2.24, 2.45) is 5.41 Å². The fourth-order valence-electron chi connectivity index (χ4n) is 3.18. The molecule has 1 aromatic rings. The molecule has 3 rings (SSSR count). The first-order valence-electron chi connectivity index (χ1n) is 8.24. The van der Waals surface area contributed by atoms with E-state index in [0.29, 0.717) is 11.5 Å². The van der Waals surface area contributed by atoms with Crippen LogP contribution in [0.15, 0.2) is 18.2 Å². The number of fused-ring (bicyclic) bond motifs is 1. The molecule has 0 radical (unpaired) electrons. The van der Waals surface area contributed by atoms with Crippen LogP contribution in [0.1, 0.15) is 51.5 Å². The minimum atomic E-state index is 0.535. The lowest BCUT2D eigenvalue weighted by atomic mass is 9.75. The molecule has 0 bridgehead atoms. The molecule has 1 aliphatic heterocycles. The minimum Gasteiger partial charge on any atom is -0.490 e. The minimum absolute atomic E-state index is 0.535. The average molecular weight is 289 g/mol. The van der Waals surface area contributed by atoms with E-state index in [9.17, 15) is 0 Å². The summed E-state index contributed by atoms with van der Waals surface area (Å²) in [4.78, 5) is 0. The summed E-state index contributed by atoms with van der Waals surface area (Å²) in [5.41, 5.74) is 1.82. The van der Waals surface area contributed by atoms with Crippen molar-refractivity contribution >= 4 is 0 Å². The summed E-state index contributed by atoms with van der Waals surface area (Å²) in [6.45, 7) is 7.19. The van der Waals surface area contributed by atoms with E-state index in [1.807, 2.05) is 6.07 Å². The molecule has 3 heteroatoms. The Labute approximate surface area is 128 Å². The molecule has 0 atom stereocenters. The molecule has 1 heterocycles.